The van der Waals surface area contributed by atoms with Crippen LogP contribution in [-0.4, -0.2) is 72.3 Å². The van der Waals surface area contributed by atoms with E-state index in [4.69, 9.17) is 14.2 Å². The van der Waals surface area contributed by atoms with Crippen LogP contribution in [0.25, 0.3) is 6.08 Å². The first kappa shape index (κ1) is 33.1. The first-order valence-electron chi connectivity index (χ1n) is 15.5. The number of hydrogen-bond acceptors (Lipinski definition) is 7. The minimum atomic E-state index is -0.991. The number of rotatable bonds is 10. The van der Waals surface area contributed by atoms with E-state index in [9.17, 15) is 19.2 Å². The predicted molar refractivity (Wildman–Crippen MR) is 166 cm³/mol. The van der Waals surface area contributed by atoms with Crippen molar-refractivity contribution in [1.82, 2.24) is 15.1 Å². The third-order valence-electron chi connectivity index (χ3n) is 9.21. The van der Waals surface area contributed by atoms with E-state index in [-0.39, 0.29) is 25.0 Å². The van der Waals surface area contributed by atoms with Gasteiger partial charge in [-0.1, -0.05) is 70.5 Å². The lowest BCUT2D eigenvalue weighted by Crippen LogP contribution is -2.57. The molecule has 240 valence electrons. The molecule has 4 rings (SSSR count). The Balaban J connectivity index is 1.42. The van der Waals surface area contributed by atoms with Gasteiger partial charge in [0.2, 0.25) is 5.91 Å². The molecule has 2 heterocycles. The fourth-order valence-electron chi connectivity index (χ4n) is 6.66. The summed E-state index contributed by atoms with van der Waals surface area (Å²) in [7, 11) is 1.26. The Labute approximate surface area is 260 Å². The number of ether oxygens (including phenoxy) is 3. The lowest BCUT2D eigenvalue weighted by molar-refractivity contribution is -0.152. The summed E-state index contributed by atoms with van der Waals surface area (Å²) in [5, 5.41) is 2.78. The van der Waals surface area contributed by atoms with Gasteiger partial charge in [0.25, 0.3) is 0 Å². The number of methoxy groups -OCH3 is 1. The topological polar surface area (TPSA) is 114 Å². The van der Waals surface area contributed by atoms with Gasteiger partial charge in [0.1, 0.15) is 18.2 Å². The van der Waals surface area contributed by atoms with Crippen LogP contribution in [0.4, 0.5) is 9.59 Å². The Hall–Kier alpha value is -3.82. The number of amides is 3. The molecule has 0 bridgehead atoms. The van der Waals surface area contributed by atoms with Crippen molar-refractivity contribution in [2.24, 2.45) is 10.8 Å². The van der Waals surface area contributed by atoms with E-state index in [0.29, 0.717) is 13.1 Å². The second-order valence-corrected chi connectivity index (χ2v) is 13.4. The third-order valence-corrected chi connectivity index (χ3v) is 9.21. The summed E-state index contributed by atoms with van der Waals surface area (Å²) in [6, 6.07) is 3.90. The van der Waals surface area contributed by atoms with Crippen LogP contribution in [0.5, 0.6) is 0 Å². The molecular formula is C34H47N3O7. The maximum absolute atomic E-state index is 14.0. The number of carbonyl (C=O) groups excluding carboxylic acids is 4. The zero-order valence-corrected chi connectivity index (χ0v) is 26.6. The molecule has 0 unspecified atom stereocenters. The smallest absolute Gasteiger partial charge is 0.410 e. The first-order valence-corrected chi connectivity index (χ1v) is 15.5. The lowest BCUT2D eigenvalue weighted by atomic mass is 9.82. The van der Waals surface area contributed by atoms with Crippen molar-refractivity contribution in [1.29, 1.82) is 0 Å². The summed E-state index contributed by atoms with van der Waals surface area (Å²) in [5.74, 6) is -1.07. The number of hydrogen-bond donors (Lipinski definition) is 1. The number of esters is 1. The van der Waals surface area contributed by atoms with E-state index in [1.54, 1.807) is 11.0 Å². The molecule has 0 radical (unpaired) electrons. The molecule has 1 aliphatic carbocycles. The molecule has 1 aromatic carbocycles. The quantitative estimate of drug-likeness (QED) is 0.209. The highest BCUT2D eigenvalue weighted by Gasteiger charge is 2.47. The SMILES string of the molecule is C=CCCC1(COC(=O)N[C@H](C(=O)N2C[C@H](OC(=O)N3Cc4cccc(C=C)c4C3)C[C@H]2C(=O)OC)C(C)(C)C)CCCC1. The highest BCUT2D eigenvalue weighted by atomic mass is 16.6. The van der Waals surface area contributed by atoms with Crippen LogP contribution in [0.15, 0.2) is 37.4 Å². The number of nitrogens with zero attached hydrogens (tertiary/aromatic N) is 2. The van der Waals surface area contributed by atoms with E-state index < -0.39 is 47.7 Å². The van der Waals surface area contributed by atoms with Gasteiger partial charge in [-0.15, -0.1) is 6.58 Å². The summed E-state index contributed by atoms with van der Waals surface area (Å²) in [6.45, 7) is 14.2. The molecule has 2 fully saturated rings. The molecule has 1 N–H and O–H groups in total. The number of allylic oxidation sites excluding steroid dienone is 1. The van der Waals surface area contributed by atoms with Crippen molar-refractivity contribution >= 4 is 30.1 Å². The zero-order chi connectivity index (χ0) is 32.1. The second-order valence-electron chi connectivity index (χ2n) is 13.4. The van der Waals surface area contributed by atoms with Crippen LogP contribution < -0.4 is 5.32 Å². The van der Waals surface area contributed by atoms with Crippen LogP contribution in [0.1, 0.15) is 82.4 Å². The van der Waals surface area contributed by atoms with Crippen molar-refractivity contribution in [2.45, 2.75) is 97.0 Å². The summed E-state index contributed by atoms with van der Waals surface area (Å²) in [4.78, 5) is 56.0. The predicted octanol–water partition coefficient (Wildman–Crippen LogP) is 5.59. The minimum absolute atomic E-state index is 0.00297. The van der Waals surface area contributed by atoms with Gasteiger partial charge >= 0.3 is 18.2 Å². The Morgan fingerprint density at radius 3 is 2.50 bits per heavy atom. The molecule has 1 saturated heterocycles. The summed E-state index contributed by atoms with van der Waals surface area (Å²) in [5.41, 5.74) is 2.25. The van der Waals surface area contributed by atoms with Gasteiger partial charge in [0.15, 0.2) is 0 Å². The van der Waals surface area contributed by atoms with Crippen molar-refractivity contribution in [3.8, 4) is 0 Å². The molecule has 0 spiro atoms. The van der Waals surface area contributed by atoms with Gasteiger partial charge in [-0.2, -0.15) is 0 Å². The fourth-order valence-corrected chi connectivity index (χ4v) is 6.66. The van der Waals surface area contributed by atoms with Gasteiger partial charge in [-0.25, -0.2) is 14.4 Å². The molecule has 3 atom stereocenters. The van der Waals surface area contributed by atoms with E-state index in [2.05, 4.69) is 18.5 Å². The van der Waals surface area contributed by atoms with Gasteiger partial charge in [0, 0.05) is 18.4 Å². The summed E-state index contributed by atoms with van der Waals surface area (Å²) in [6.07, 6.45) is 7.75. The van der Waals surface area contributed by atoms with E-state index in [0.717, 1.165) is 55.2 Å². The number of fused-ring (bicyclic) bond motifs is 1. The van der Waals surface area contributed by atoms with Crippen LogP contribution in [0.2, 0.25) is 0 Å². The van der Waals surface area contributed by atoms with E-state index >= 15 is 0 Å². The van der Waals surface area contributed by atoms with Gasteiger partial charge in [-0.3, -0.25) is 9.69 Å². The van der Waals surface area contributed by atoms with Crippen LogP contribution >= 0.6 is 0 Å². The molecule has 0 aromatic heterocycles. The fraction of sp³-hybridized carbons (Fsp3) is 0.588. The van der Waals surface area contributed by atoms with Crippen LogP contribution in [0.3, 0.4) is 0 Å². The molecule has 1 aromatic rings. The maximum atomic E-state index is 14.0. The monoisotopic (exact) mass is 609 g/mol. The standard InChI is InChI=1S/C34H47N3O7/c1-7-9-15-34(16-10-11-17-34)22-43-31(40)35-28(33(3,4)5)29(38)37-20-25(18-27(37)30(39)42-6)44-32(41)36-19-24-14-12-13-23(8-2)26(24)21-36/h7-8,12-14,25,27-28H,1-2,9-11,15-22H2,3-6H3,(H,35,40)/t25-,27+,28-/m1/s1. The van der Waals surface area contributed by atoms with Gasteiger partial charge < -0.3 is 24.4 Å². The van der Waals surface area contributed by atoms with Gasteiger partial charge in [-0.05, 0) is 47.8 Å². The Morgan fingerprint density at radius 1 is 1.14 bits per heavy atom. The molecule has 1 saturated carbocycles. The minimum Gasteiger partial charge on any atom is -0.467 e. The molecule has 3 amide bonds. The average molecular weight is 610 g/mol. The van der Waals surface area contributed by atoms with Crippen molar-refractivity contribution in [3.63, 3.8) is 0 Å². The molecule has 10 heteroatoms. The Morgan fingerprint density at radius 2 is 1.86 bits per heavy atom. The lowest BCUT2D eigenvalue weighted by Gasteiger charge is -2.35. The molecule has 3 aliphatic rings. The molecular weight excluding hydrogens is 562 g/mol. The van der Waals surface area contributed by atoms with E-state index in [1.165, 1.54) is 12.0 Å². The van der Waals surface area contributed by atoms with Crippen LogP contribution in [0, 0.1) is 10.8 Å². The first-order chi connectivity index (χ1) is 20.9. The summed E-state index contributed by atoms with van der Waals surface area (Å²) >= 11 is 0. The number of likely N-dealkylation sites (tertiary alicyclic amines) is 1. The average Bonchev–Trinajstić information content (AvgIpc) is 3.75. The molecule has 2 aliphatic heterocycles. The van der Waals surface area contributed by atoms with Crippen molar-refractivity contribution < 1.29 is 33.4 Å². The molecule has 44 heavy (non-hydrogen) atoms. The largest absolute Gasteiger partial charge is 0.467 e. The highest BCUT2D eigenvalue weighted by molar-refractivity contribution is 5.91. The van der Waals surface area contributed by atoms with Crippen LogP contribution in [-0.2, 0) is 36.9 Å². The Kier molecular flexibility index (Phi) is 10.4. The number of carbonyl (C=O) groups is 4. The number of benzene rings is 1. The highest BCUT2D eigenvalue weighted by Crippen LogP contribution is 2.42. The van der Waals surface area contributed by atoms with Crippen molar-refractivity contribution in [2.75, 3.05) is 20.3 Å². The Bertz CT molecular complexity index is 1260. The second kappa shape index (κ2) is 13.9. The summed E-state index contributed by atoms with van der Waals surface area (Å²) < 4.78 is 16.5. The zero-order valence-electron chi connectivity index (χ0n) is 26.6. The normalized spacial score (nSPS) is 21.3. The molecule has 10 nitrogen and oxygen atoms in total. The third kappa shape index (κ3) is 7.45. The number of nitrogens with one attached hydrogen (secondary N) is 1. The van der Waals surface area contributed by atoms with Gasteiger partial charge in [0.05, 0.1) is 26.8 Å². The van der Waals surface area contributed by atoms with E-state index in [1.807, 2.05) is 45.0 Å². The maximum Gasteiger partial charge on any atom is 0.410 e. The number of alkyl carbamates (subject to hydrolysis) is 1. The van der Waals surface area contributed by atoms with Crippen molar-refractivity contribution in [3.05, 3.63) is 54.1 Å².